The number of amides is 1. The Hall–Kier alpha value is -4.05. The highest BCUT2D eigenvalue weighted by molar-refractivity contribution is 7.99. The summed E-state index contributed by atoms with van der Waals surface area (Å²) in [5.74, 6) is 0.455. The van der Waals surface area contributed by atoms with E-state index in [0.717, 1.165) is 11.3 Å². The van der Waals surface area contributed by atoms with Gasteiger partial charge in [0.15, 0.2) is 11.0 Å². The average molecular weight is 432 g/mol. The first-order valence-corrected chi connectivity index (χ1v) is 10.2. The molecule has 0 spiro atoms. The Balaban J connectivity index is 1.52. The minimum absolute atomic E-state index is 0.0359. The normalized spacial score (nSPS) is 10.6. The van der Waals surface area contributed by atoms with Crippen LogP contribution in [0.25, 0.3) is 17.1 Å². The number of hydrogen-bond donors (Lipinski definition) is 1. The standard InChI is InChI=1S/C21H16N6O3S/c28-19(23-16-8-10-18(11-9-16)27(29)30)14-31-21-25-24-20(15-5-4-12-22-13-15)26(21)17-6-2-1-3-7-17/h1-13H,14H2,(H,23,28). The van der Waals surface area contributed by atoms with Gasteiger partial charge >= 0.3 is 0 Å². The first-order chi connectivity index (χ1) is 15.1. The Morgan fingerprint density at radius 2 is 1.81 bits per heavy atom. The molecule has 2 heterocycles. The van der Waals surface area contributed by atoms with Crippen molar-refractivity contribution in [2.45, 2.75) is 5.16 Å². The van der Waals surface area contributed by atoms with Crippen LogP contribution in [0.5, 0.6) is 0 Å². The van der Waals surface area contributed by atoms with E-state index in [1.165, 1.54) is 36.0 Å². The second-order valence-corrected chi connectivity index (χ2v) is 7.30. The molecule has 31 heavy (non-hydrogen) atoms. The number of para-hydroxylation sites is 1. The lowest BCUT2D eigenvalue weighted by Gasteiger charge is -2.10. The molecular weight excluding hydrogens is 416 g/mol. The molecule has 0 radical (unpaired) electrons. The van der Waals surface area contributed by atoms with Crippen molar-refractivity contribution in [2.24, 2.45) is 0 Å². The molecule has 0 aliphatic heterocycles. The topological polar surface area (TPSA) is 116 Å². The van der Waals surface area contributed by atoms with E-state index in [-0.39, 0.29) is 17.3 Å². The van der Waals surface area contributed by atoms with Crippen LogP contribution in [-0.2, 0) is 4.79 Å². The maximum absolute atomic E-state index is 12.4. The fraction of sp³-hybridized carbons (Fsp3) is 0.0476. The van der Waals surface area contributed by atoms with Gasteiger partial charge in [-0.15, -0.1) is 10.2 Å². The van der Waals surface area contributed by atoms with Crippen LogP contribution < -0.4 is 5.32 Å². The van der Waals surface area contributed by atoms with Gasteiger partial charge in [-0.05, 0) is 36.4 Å². The maximum Gasteiger partial charge on any atom is 0.269 e. The van der Waals surface area contributed by atoms with Crippen LogP contribution in [-0.4, -0.2) is 36.3 Å². The molecule has 0 saturated carbocycles. The molecule has 0 saturated heterocycles. The Labute approximate surface area is 181 Å². The van der Waals surface area contributed by atoms with Crippen molar-refractivity contribution in [3.05, 3.63) is 89.2 Å². The van der Waals surface area contributed by atoms with Gasteiger partial charge in [-0.3, -0.25) is 24.5 Å². The van der Waals surface area contributed by atoms with Gasteiger partial charge in [0.2, 0.25) is 5.91 Å². The minimum Gasteiger partial charge on any atom is -0.325 e. The third-order valence-electron chi connectivity index (χ3n) is 4.26. The monoisotopic (exact) mass is 432 g/mol. The third kappa shape index (κ3) is 4.75. The summed E-state index contributed by atoms with van der Waals surface area (Å²) in [7, 11) is 0. The molecule has 0 bridgehead atoms. The van der Waals surface area contributed by atoms with Crippen molar-refractivity contribution in [1.82, 2.24) is 19.7 Å². The molecule has 154 valence electrons. The zero-order valence-electron chi connectivity index (χ0n) is 16.1. The summed E-state index contributed by atoms with van der Waals surface area (Å²) in [6, 6.07) is 19.0. The molecule has 0 aliphatic rings. The lowest BCUT2D eigenvalue weighted by Crippen LogP contribution is -2.14. The van der Waals surface area contributed by atoms with Crippen LogP contribution in [0.4, 0.5) is 11.4 Å². The quantitative estimate of drug-likeness (QED) is 0.267. The summed E-state index contributed by atoms with van der Waals surface area (Å²) in [6.07, 6.45) is 3.39. The van der Waals surface area contributed by atoms with E-state index >= 15 is 0 Å². The van der Waals surface area contributed by atoms with Crippen LogP contribution in [0.1, 0.15) is 0 Å². The summed E-state index contributed by atoms with van der Waals surface area (Å²) in [4.78, 5) is 26.8. The number of thioether (sulfide) groups is 1. The highest BCUT2D eigenvalue weighted by atomic mass is 32.2. The Morgan fingerprint density at radius 3 is 2.48 bits per heavy atom. The number of hydrogen-bond acceptors (Lipinski definition) is 7. The molecule has 0 atom stereocenters. The number of benzene rings is 2. The maximum atomic E-state index is 12.4. The predicted octanol–water partition coefficient (Wildman–Crippen LogP) is 3.97. The highest BCUT2D eigenvalue weighted by Crippen LogP contribution is 2.27. The fourth-order valence-electron chi connectivity index (χ4n) is 2.85. The molecule has 1 amide bonds. The second kappa shape index (κ2) is 9.18. The molecule has 0 aliphatic carbocycles. The van der Waals surface area contributed by atoms with E-state index in [1.807, 2.05) is 47.0 Å². The second-order valence-electron chi connectivity index (χ2n) is 6.36. The van der Waals surface area contributed by atoms with Gasteiger partial charge in [-0.1, -0.05) is 30.0 Å². The number of nitrogens with one attached hydrogen (secondary N) is 1. The highest BCUT2D eigenvalue weighted by Gasteiger charge is 2.17. The van der Waals surface area contributed by atoms with Crippen molar-refractivity contribution in [3.63, 3.8) is 0 Å². The van der Waals surface area contributed by atoms with Gasteiger partial charge in [-0.2, -0.15) is 0 Å². The Morgan fingerprint density at radius 1 is 1.03 bits per heavy atom. The number of non-ortho nitro benzene ring substituents is 1. The van der Waals surface area contributed by atoms with E-state index in [0.29, 0.717) is 16.7 Å². The predicted molar refractivity (Wildman–Crippen MR) is 117 cm³/mol. The van der Waals surface area contributed by atoms with Crippen LogP contribution in [0.2, 0.25) is 0 Å². The lowest BCUT2D eigenvalue weighted by atomic mass is 10.2. The van der Waals surface area contributed by atoms with Gasteiger partial charge < -0.3 is 5.32 Å². The molecule has 10 heteroatoms. The van der Waals surface area contributed by atoms with Gasteiger partial charge in [-0.25, -0.2) is 0 Å². The minimum atomic E-state index is -0.488. The third-order valence-corrected chi connectivity index (χ3v) is 5.19. The van der Waals surface area contributed by atoms with E-state index in [4.69, 9.17) is 0 Å². The van der Waals surface area contributed by atoms with Crippen molar-refractivity contribution in [1.29, 1.82) is 0 Å². The number of nitro groups is 1. The fourth-order valence-corrected chi connectivity index (χ4v) is 3.60. The van der Waals surface area contributed by atoms with Crippen molar-refractivity contribution < 1.29 is 9.72 Å². The summed E-state index contributed by atoms with van der Waals surface area (Å²) in [5, 5.41) is 22.6. The first-order valence-electron chi connectivity index (χ1n) is 9.20. The molecule has 1 N–H and O–H groups in total. The van der Waals surface area contributed by atoms with E-state index < -0.39 is 4.92 Å². The van der Waals surface area contributed by atoms with Crippen molar-refractivity contribution >= 4 is 29.0 Å². The number of carbonyl (C=O) groups is 1. The van der Waals surface area contributed by atoms with Crippen LogP contribution in [0.15, 0.2) is 84.3 Å². The van der Waals surface area contributed by atoms with E-state index in [2.05, 4.69) is 20.5 Å². The Bertz CT molecular complexity index is 1200. The number of nitrogens with zero attached hydrogens (tertiary/aromatic N) is 5. The number of aromatic nitrogens is 4. The molecule has 4 rings (SSSR count). The SMILES string of the molecule is O=C(CSc1nnc(-c2cccnc2)n1-c1ccccc1)Nc1ccc([N+](=O)[O-])cc1. The van der Waals surface area contributed by atoms with Crippen molar-refractivity contribution in [2.75, 3.05) is 11.1 Å². The summed E-state index contributed by atoms with van der Waals surface area (Å²) < 4.78 is 1.88. The first kappa shape index (κ1) is 20.2. The van der Waals surface area contributed by atoms with Crippen LogP contribution in [0, 0.1) is 10.1 Å². The molecule has 0 unspecified atom stereocenters. The van der Waals surface area contributed by atoms with Gasteiger partial charge in [0.25, 0.3) is 5.69 Å². The lowest BCUT2D eigenvalue weighted by molar-refractivity contribution is -0.384. The molecule has 0 fully saturated rings. The van der Waals surface area contributed by atoms with Gasteiger partial charge in [0, 0.05) is 41.5 Å². The van der Waals surface area contributed by atoms with E-state index in [9.17, 15) is 14.9 Å². The molecule has 2 aromatic carbocycles. The number of pyridine rings is 1. The van der Waals surface area contributed by atoms with Crippen molar-refractivity contribution in [3.8, 4) is 17.1 Å². The zero-order valence-corrected chi connectivity index (χ0v) is 16.9. The molecule has 2 aromatic heterocycles. The Kier molecular flexibility index (Phi) is 5.99. The van der Waals surface area contributed by atoms with E-state index in [1.54, 1.807) is 12.4 Å². The zero-order chi connectivity index (χ0) is 21.6. The van der Waals surface area contributed by atoms with Crippen LogP contribution in [0.3, 0.4) is 0 Å². The summed E-state index contributed by atoms with van der Waals surface area (Å²) in [5.41, 5.74) is 2.12. The number of anilines is 1. The van der Waals surface area contributed by atoms with Crippen LogP contribution >= 0.6 is 11.8 Å². The summed E-state index contributed by atoms with van der Waals surface area (Å²) in [6.45, 7) is 0. The number of nitro benzene ring substituents is 1. The number of rotatable bonds is 7. The van der Waals surface area contributed by atoms with Gasteiger partial charge in [0.1, 0.15) is 0 Å². The average Bonchev–Trinajstić information content (AvgIpc) is 3.23. The smallest absolute Gasteiger partial charge is 0.269 e. The van der Waals surface area contributed by atoms with Gasteiger partial charge in [0.05, 0.1) is 10.7 Å². The molecule has 9 nitrogen and oxygen atoms in total. The number of carbonyl (C=O) groups excluding carboxylic acids is 1. The molecule has 4 aromatic rings. The molecular formula is C21H16N6O3S. The largest absolute Gasteiger partial charge is 0.325 e. The summed E-state index contributed by atoms with van der Waals surface area (Å²) >= 11 is 1.24.